The predicted molar refractivity (Wildman–Crippen MR) is 111 cm³/mol. The lowest BCUT2D eigenvalue weighted by Crippen LogP contribution is -2.38. The summed E-state index contributed by atoms with van der Waals surface area (Å²) in [5, 5.41) is 13.5. The van der Waals surface area contributed by atoms with Gasteiger partial charge in [-0.3, -0.25) is 4.79 Å². The predicted octanol–water partition coefficient (Wildman–Crippen LogP) is 4.13. The summed E-state index contributed by atoms with van der Waals surface area (Å²) in [6.07, 6.45) is 9.50. The highest BCUT2D eigenvalue weighted by Crippen LogP contribution is 2.44. The van der Waals surface area contributed by atoms with E-state index in [1.54, 1.807) is 0 Å². The van der Waals surface area contributed by atoms with Crippen molar-refractivity contribution in [2.75, 3.05) is 26.2 Å². The van der Waals surface area contributed by atoms with Crippen LogP contribution in [0.1, 0.15) is 63.5 Å². The average Bonchev–Trinajstić information content (AvgIpc) is 2.67. The fourth-order valence-electron chi connectivity index (χ4n) is 4.67. The minimum absolute atomic E-state index is 0.265. The Morgan fingerprint density at radius 1 is 1.19 bits per heavy atom. The Hall–Kier alpha value is -1.81. The lowest BCUT2D eigenvalue weighted by Gasteiger charge is -2.40. The van der Waals surface area contributed by atoms with E-state index in [2.05, 4.69) is 17.5 Å². The molecular formula is C23H34N2O2. The number of carbonyl (C=O) groups excluding carboxylic acids is 1. The van der Waals surface area contributed by atoms with E-state index in [9.17, 15) is 9.90 Å². The van der Waals surface area contributed by atoms with E-state index < -0.39 is 0 Å². The number of hydrogen-bond acceptors (Lipinski definition) is 3. The third-order valence-corrected chi connectivity index (χ3v) is 6.26. The number of hydrogen-bond donors (Lipinski definition) is 2. The topological polar surface area (TPSA) is 52.6 Å². The molecule has 4 nitrogen and oxygen atoms in total. The second kappa shape index (κ2) is 8.92. The highest BCUT2D eigenvalue weighted by molar-refractivity contribution is 5.76. The number of aromatic hydroxyl groups is 1. The quantitative estimate of drug-likeness (QED) is 0.710. The van der Waals surface area contributed by atoms with Gasteiger partial charge in [0.2, 0.25) is 5.91 Å². The molecule has 148 valence electrons. The first kappa shape index (κ1) is 19.9. The first-order chi connectivity index (χ1) is 13.1. The van der Waals surface area contributed by atoms with Crippen LogP contribution in [0.4, 0.5) is 0 Å². The molecule has 0 unspecified atom stereocenters. The number of nitrogens with zero attached hydrogens (tertiary/aromatic N) is 1. The van der Waals surface area contributed by atoms with Gasteiger partial charge in [-0.15, -0.1) is 0 Å². The van der Waals surface area contributed by atoms with Crippen molar-refractivity contribution in [2.45, 2.75) is 58.8 Å². The van der Waals surface area contributed by atoms with E-state index >= 15 is 0 Å². The monoisotopic (exact) mass is 370 g/mol. The normalized spacial score (nSPS) is 18.1. The molecule has 0 bridgehead atoms. The Morgan fingerprint density at radius 3 is 2.63 bits per heavy atom. The number of fused-ring (bicyclic) bond motifs is 1. The summed E-state index contributed by atoms with van der Waals surface area (Å²) in [6, 6.07) is 5.85. The molecule has 1 aliphatic carbocycles. The molecular weight excluding hydrogens is 336 g/mol. The van der Waals surface area contributed by atoms with Crippen LogP contribution < -0.4 is 5.32 Å². The van der Waals surface area contributed by atoms with Gasteiger partial charge in [-0.1, -0.05) is 12.1 Å². The maximum Gasteiger partial charge on any atom is 0.222 e. The molecule has 2 aliphatic rings. The van der Waals surface area contributed by atoms with Gasteiger partial charge >= 0.3 is 0 Å². The van der Waals surface area contributed by atoms with Crippen LogP contribution in [0.15, 0.2) is 24.3 Å². The van der Waals surface area contributed by atoms with E-state index in [-0.39, 0.29) is 11.3 Å². The van der Waals surface area contributed by atoms with Gasteiger partial charge in [-0.25, -0.2) is 0 Å². The van der Waals surface area contributed by atoms with Crippen molar-refractivity contribution in [3.8, 4) is 5.75 Å². The molecule has 27 heavy (non-hydrogen) atoms. The molecule has 1 aliphatic heterocycles. The van der Waals surface area contributed by atoms with E-state index in [0.29, 0.717) is 12.2 Å². The number of nitrogens with one attached hydrogen (secondary N) is 1. The Morgan fingerprint density at radius 2 is 1.93 bits per heavy atom. The number of amides is 1. The minimum Gasteiger partial charge on any atom is -0.508 e. The highest BCUT2D eigenvalue weighted by Gasteiger charge is 2.34. The highest BCUT2D eigenvalue weighted by atomic mass is 16.3. The maximum absolute atomic E-state index is 12.2. The fourth-order valence-corrected chi connectivity index (χ4v) is 4.67. The summed E-state index contributed by atoms with van der Waals surface area (Å²) in [5.74, 6) is 0.614. The van der Waals surface area contributed by atoms with E-state index in [1.807, 2.05) is 30.9 Å². The Balaban J connectivity index is 1.68. The lowest BCUT2D eigenvalue weighted by atomic mass is 9.68. The molecule has 3 rings (SSSR count). The number of allylic oxidation sites excluding steroid dienone is 2. The standard InChI is InChI=1S/C23H34N2O2/c1-3-25(4-2)22(27)8-6-5-7-18-16-23(11-13-24-14-12-23)17-19-9-10-20(26)15-21(18)19/h9-10,15-16,24,26H,3-8,11-14,17H2,1-2H3. The van der Waals surface area contributed by atoms with E-state index in [4.69, 9.17) is 0 Å². The van der Waals surface area contributed by atoms with Crippen molar-refractivity contribution in [1.82, 2.24) is 10.2 Å². The largest absolute Gasteiger partial charge is 0.508 e. The van der Waals surface area contributed by atoms with Crippen LogP contribution in [0.5, 0.6) is 5.75 Å². The summed E-state index contributed by atoms with van der Waals surface area (Å²) in [7, 11) is 0. The van der Waals surface area contributed by atoms with Gasteiger partial charge in [0.25, 0.3) is 0 Å². The van der Waals surface area contributed by atoms with Gasteiger partial charge in [0.15, 0.2) is 0 Å². The SMILES string of the molecule is CCN(CC)C(=O)CCCCC1=CC2(CCNCC2)Cc2ccc(O)cc21. The lowest BCUT2D eigenvalue weighted by molar-refractivity contribution is -0.130. The van der Waals surface area contributed by atoms with Gasteiger partial charge in [0, 0.05) is 19.5 Å². The van der Waals surface area contributed by atoms with Crippen molar-refractivity contribution in [3.63, 3.8) is 0 Å². The van der Waals surface area contributed by atoms with Crippen molar-refractivity contribution in [3.05, 3.63) is 35.4 Å². The maximum atomic E-state index is 12.2. The molecule has 1 saturated heterocycles. The molecule has 4 heteroatoms. The molecule has 0 saturated carbocycles. The van der Waals surface area contributed by atoms with Crippen molar-refractivity contribution in [1.29, 1.82) is 0 Å². The molecule has 1 aromatic carbocycles. The Bertz CT molecular complexity index is 686. The first-order valence-electron chi connectivity index (χ1n) is 10.6. The molecule has 1 heterocycles. The van der Waals surface area contributed by atoms with Crippen LogP contribution >= 0.6 is 0 Å². The van der Waals surface area contributed by atoms with Crippen LogP contribution in [0.3, 0.4) is 0 Å². The van der Waals surface area contributed by atoms with Crippen molar-refractivity contribution in [2.24, 2.45) is 5.41 Å². The zero-order valence-corrected chi connectivity index (χ0v) is 16.9. The Labute approximate surface area is 163 Å². The van der Waals surface area contributed by atoms with Gasteiger partial charge in [0.05, 0.1) is 0 Å². The second-order valence-corrected chi connectivity index (χ2v) is 8.07. The molecule has 1 aromatic rings. The zero-order chi connectivity index (χ0) is 19.3. The molecule has 1 fully saturated rings. The second-order valence-electron chi connectivity index (χ2n) is 8.07. The number of piperidine rings is 1. The third kappa shape index (κ3) is 4.73. The summed E-state index contributed by atoms with van der Waals surface area (Å²) in [4.78, 5) is 14.1. The van der Waals surface area contributed by atoms with Crippen molar-refractivity contribution < 1.29 is 9.90 Å². The molecule has 0 atom stereocenters. The summed E-state index contributed by atoms with van der Waals surface area (Å²) in [6.45, 7) is 7.82. The fraction of sp³-hybridized carbons (Fsp3) is 0.609. The molecule has 0 aromatic heterocycles. The summed E-state index contributed by atoms with van der Waals surface area (Å²) >= 11 is 0. The Kier molecular flexibility index (Phi) is 6.59. The molecule has 2 N–H and O–H groups in total. The van der Waals surface area contributed by atoms with Crippen LogP contribution in [0.25, 0.3) is 5.57 Å². The minimum atomic E-state index is 0.265. The average molecular weight is 371 g/mol. The van der Waals surface area contributed by atoms with E-state index in [1.165, 1.54) is 29.5 Å². The summed E-state index contributed by atoms with van der Waals surface area (Å²) < 4.78 is 0. The zero-order valence-electron chi connectivity index (χ0n) is 16.9. The van der Waals surface area contributed by atoms with Crippen LogP contribution in [-0.4, -0.2) is 42.1 Å². The summed E-state index contributed by atoms with van der Waals surface area (Å²) in [5.41, 5.74) is 4.21. The van der Waals surface area contributed by atoms with Gasteiger partial charge in [-0.2, -0.15) is 0 Å². The number of unbranched alkanes of at least 4 members (excludes halogenated alkanes) is 1. The van der Waals surface area contributed by atoms with Crippen LogP contribution in [0.2, 0.25) is 0 Å². The third-order valence-electron chi connectivity index (χ3n) is 6.26. The number of benzene rings is 1. The van der Waals surface area contributed by atoms with Crippen LogP contribution in [-0.2, 0) is 11.2 Å². The van der Waals surface area contributed by atoms with Crippen LogP contribution in [0, 0.1) is 5.41 Å². The first-order valence-corrected chi connectivity index (χ1v) is 10.6. The number of rotatable bonds is 7. The van der Waals surface area contributed by atoms with Crippen molar-refractivity contribution >= 4 is 11.5 Å². The number of phenols is 1. The van der Waals surface area contributed by atoms with E-state index in [0.717, 1.165) is 51.9 Å². The molecule has 0 radical (unpaired) electrons. The van der Waals surface area contributed by atoms with Gasteiger partial charge in [0.1, 0.15) is 5.75 Å². The number of carbonyl (C=O) groups is 1. The number of phenolic OH excluding ortho intramolecular Hbond substituents is 1. The van der Waals surface area contributed by atoms with Gasteiger partial charge < -0.3 is 15.3 Å². The smallest absolute Gasteiger partial charge is 0.222 e. The van der Waals surface area contributed by atoms with Gasteiger partial charge in [-0.05, 0) is 99.7 Å². The molecule has 1 spiro atoms. The molecule has 1 amide bonds.